The van der Waals surface area contributed by atoms with Crippen LogP contribution in [0.4, 0.5) is 11.4 Å². The third kappa shape index (κ3) is 3.38. The average molecular weight is 281 g/mol. The number of amides is 1. The topological polar surface area (TPSA) is 108 Å². The highest BCUT2D eigenvalue weighted by Gasteiger charge is 2.30. The molecular weight excluding hydrogens is 262 g/mol. The third-order valence-electron chi connectivity index (χ3n) is 3.23. The predicted molar refractivity (Wildman–Crippen MR) is 74.5 cm³/mol. The van der Waals surface area contributed by atoms with Crippen LogP contribution in [0.15, 0.2) is 18.2 Å². The number of likely N-dealkylation sites (tertiary alicyclic amines) is 1. The Hall–Kier alpha value is -1.83. The summed E-state index contributed by atoms with van der Waals surface area (Å²) in [6.45, 7) is 0.666. The van der Waals surface area contributed by atoms with E-state index < -0.39 is 12.2 Å². The number of rotatable bonds is 4. The SMILES string of the molecule is COc1ccc(NC(=O)CN2CC(O)C(O)C2)c(N)c1. The van der Waals surface area contributed by atoms with E-state index in [1.54, 1.807) is 23.1 Å². The number of carbonyl (C=O) groups excluding carboxylic acids is 1. The number of β-amino-alcohol motifs (C(OH)–C–C–N with tert-alkyl or cyclic N) is 2. The van der Waals surface area contributed by atoms with E-state index in [1.165, 1.54) is 7.11 Å². The molecule has 7 nitrogen and oxygen atoms in total. The molecule has 1 heterocycles. The molecule has 1 saturated heterocycles. The molecule has 0 bridgehead atoms. The molecule has 110 valence electrons. The Kier molecular flexibility index (Phi) is 4.43. The van der Waals surface area contributed by atoms with E-state index in [2.05, 4.69) is 5.32 Å². The second-order valence-corrected chi connectivity index (χ2v) is 4.83. The van der Waals surface area contributed by atoms with Gasteiger partial charge < -0.3 is 26.0 Å². The van der Waals surface area contributed by atoms with Gasteiger partial charge in [0.25, 0.3) is 0 Å². The molecule has 1 aromatic rings. The van der Waals surface area contributed by atoms with Crippen LogP contribution in [0.25, 0.3) is 0 Å². The zero-order chi connectivity index (χ0) is 14.7. The van der Waals surface area contributed by atoms with Gasteiger partial charge in [-0.1, -0.05) is 0 Å². The van der Waals surface area contributed by atoms with Crippen LogP contribution in [-0.2, 0) is 4.79 Å². The lowest BCUT2D eigenvalue weighted by Gasteiger charge is -2.15. The summed E-state index contributed by atoms with van der Waals surface area (Å²) in [7, 11) is 1.54. The van der Waals surface area contributed by atoms with Crippen LogP contribution in [0.3, 0.4) is 0 Å². The summed E-state index contributed by atoms with van der Waals surface area (Å²) in [5, 5.41) is 21.5. The van der Waals surface area contributed by atoms with E-state index in [0.29, 0.717) is 17.1 Å². The summed E-state index contributed by atoms with van der Waals surface area (Å²) in [4.78, 5) is 13.6. The number of methoxy groups -OCH3 is 1. The minimum absolute atomic E-state index is 0.0968. The molecule has 1 amide bonds. The smallest absolute Gasteiger partial charge is 0.238 e. The highest BCUT2D eigenvalue weighted by molar-refractivity contribution is 5.95. The first-order valence-corrected chi connectivity index (χ1v) is 6.31. The highest BCUT2D eigenvalue weighted by Crippen LogP contribution is 2.24. The van der Waals surface area contributed by atoms with Crippen molar-refractivity contribution in [3.05, 3.63) is 18.2 Å². The van der Waals surface area contributed by atoms with Gasteiger partial charge >= 0.3 is 0 Å². The zero-order valence-corrected chi connectivity index (χ0v) is 11.2. The molecule has 0 saturated carbocycles. The normalized spacial score (nSPS) is 22.8. The Balaban J connectivity index is 1.92. The van der Waals surface area contributed by atoms with Crippen LogP contribution < -0.4 is 15.8 Å². The molecule has 2 atom stereocenters. The van der Waals surface area contributed by atoms with Crippen LogP contribution in [0.5, 0.6) is 5.75 Å². The lowest BCUT2D eigenvalue weighted by atomic mass is 10.2. The number of hydrogen-bond acceptors (Lipinski definition) is 6. The maximum Gasteiger partial charge on any atom is 0.238 e. The van der Waals surface area contributed by atoms with E-state index >= 15 is 0 Å². The van der Waals surface area contributed by atoms with Crippen molar-refractivity contribution in [2.24, 2.45) is 0 Å². The molecule has 0 aliphatic carbocycles. The Morgan fingerprint density at radius 3 is 2.65 bits per heavy atom. The Morgan fingerprint density at radius 2 is 2.10 bits per heavy atom. The number of nitrogens with zero attached hydrogens (tertiary/aromatic N) is 1. The van der Waals surface area contributed by atoms with Gasteiger partial charge in [0.05, 0.1) is 37.2 Å². The number of aliphatic hydroxyl groups excluding tert-OH is 2. The Morgan fingerprint density at radius 1 is 1.45 bits per heavy atom. The second kappa shape index (κ2) is 6.08. The van der Waals surface area contributed by atoms with Gasteiger partial charge in [0.1, 0.15) is 5.75 Å². The van der Waals surface area contributed by atoms with Crippen molar-refractivity contribution in [1.82, 2.24) is 4.90 Å². The predicted octanol–water partition coefficient (Wildman–Crippen LogP) is -0.747. The van der Waals surface area contributed by atoms with E-state index in [0.717, 1.165) is 0 Å². The minimum Gasteiger partial charge on any atom is -0.497 e. The largest absolute Gasteiger partial charge is 0.497 e. The summed E-state index contributed by atoms with van der Waals surface area (Å²) in [6, 6.07) is 4.99. The van der Waals surface area contributed by atoms with Crippen LogP contribution in [0, 0.1) is 0 Å². The molecule has 1 aliphatic heterocycles. The van der Waals surface area contributed by atoms with Crippen molar-refractivity contribution in [2.45, 2.75) is 12.2 Å². The van der Waals surface area contributed by atoms with Gasteiger partial charge in [-0.3, -0.25) is 9.69 Å². The number of nitrogens with one attached hydrogen (secondary N) is 1. The molecule has 20 heavy (non-hydrogen) atoms. The number of anilines is 2. The van der Waals surface area contributed by atoms with Crippen LogP contribution in [-0.4, -0.2) is 60.0 Å². The molecule has 5 N–H and O–H groups in total. The first-order chi connectivity index (χ1) is 9.49. The molecule has 2 rings (SSSR count). The number of ether oxygens (including phenoxy) is 1. The molecule has 0 spiro atoms. The first-order valence-electron chi connectivity index (χ1n) is 6.31. The number of aliphatic hydroxyl groups is 2. The Bertz CT molecular complexity index is 485. The quantitative estimate of drug-likeness (QED) is 0.541. The van der Waals surface area contributed by atoms with Crippen molar-refractivity contribution in [1.29, 1.82) is 0 Å². The van der Waals surface area contributed by atoms with Crippen molar-refractivity contribution in [3.8, 4) is 5.75 Å². The van der Waals surface area contributed by atoms with Gasteiger partial charge in [-0.25, -0.2) is 0 Å². The number of benzene rings is 1. The fourth-order valence-corrected chi connectivity index (χ4v) is 2.15. The molecule has 1 aliphatic rings. The molecule has 7 heteroatoms. The van der Waals surface area contributed by atoms with E-state index in [9.17, 15) is 15.0 Å². The molecule has 1 aromatic carbocycles. The van der Waals surface area contributed by atoms with Gasteiger partial charge in [0.2, 0.25) is 5.91 Å². The van der Waals surface area contributed by atoms with Crippen molar-refractivity contribution in [2.75, 3.05) is 37.8 Å². The summed E-state index contributed by atoms with van der Waals surface area (Å²) >= 11 is 0. The van der Waals surface area contributed by atoms with Gasteiger partial charge in [0, 0.05) is 19.2 Å². The van der Waals surface area contributed by atoms with E-state index in [-0.39, 0.29) is 25.5 Å². The number of hydrogen-bond donors (Lipinski definition) is 4. The van der Waals surface area contributed by atoms with Crippen LogP contribution >= 0.6 is 0 Å². The maximum atomic E-state index is 11.9. The van der Waals surface area contributed by atoms with Gasteiger partial charge in [-0.15, -0.1) is 0 Å². The second-order valence-electron chi connectivity index (χ2n) is 4.83. The summed E-state index contributed by atoms with van der Waals surface area (Å²) in [5.74, 6) is 0.370. The molecule has 0 radical (unpaired) electrons. The standard InChI is InChI=1S/C13H19N3O4/c1-20-8-2-3-10(9(14)4-8)15-13(19)7-16-5-11(17)12(18)6-16/h2-4,11-12,17-18H,5-7,14H2,1H3,(H,15,19). The fourth-order valence-electron chi connectivity index (χ4n) is 2.15. The minimum atomic E-state index is -0.797. The monoisotopic (exact) mass is 281 g/mol. The van der Waals surface area contributed by atoms with Crippen molar-refractivity contribution >= 4 is 17.3 Å². The van der Waals surface area contributed by atoms with E-state index in [1.807, 2.05) is 0 Å². The maximum absolute atomic E-state index is 11.9. The highest BCUT2D eigenvalue weighted by atomic mass is 16.5. The Labute approximate surface area is 116 Å². The third-order valence-corrected chi connectivity index (χ3v) is 3.23. The van der Waals surface area contributed by atoms with Crippen molar-refractivity contribution < 1.29 is 19.7 Å². The van der Waals surface area contributed by atoms with Gasteiger partial charge in [0.15, 0.2) is 0 Å². The molecular formula is C13H19N3O4. The van der Waals surface area contributed by atoms with Gasteiger partial charge in [-0.2, -0.15) is 0 Å². The number of carbonyl (C=O) groups is 1. The van der Waals surface area contributed by atoms with Gasteiger partial charge in [-0.05, 0) is 12.1 Å². The average Bonchev–Trinajstić information content (AvgIpc) is 2.70. The summed E-state index contributed by atoms with van der Waals surface area (Å²) in [6.07, 6.45) is -1.59. The van der Waals surface area contributed by atoms with Crippen molar-refractivity contribution in [3.63, 3.8) is 0 Å². The lowest BCUT2D eigenvalue weighted by Crippen LogP contribution is -2.32. The zero-order valence-electron chi connectivity index (χ0n) is 11.2. The summed E-state index contributed by atoms with van der Waals surface area (Å²) < 4.78 is 5.03. The van der Waals surface area contributed by atoms with Crippen LogP contribution in [0.1, 0.15) is 0 Å². The molecule has 1 fully saturated rings. The summed E-state index contributed by atoms with van der Waals surface area (Å²) in [5.41, 5.74) is 6.74. The van der Waals surface area contributed by atoms with E-state index in [4.69, 9.17) is 10.5 Å². The number of nitrogens with two attached hydrogens (primary N) is 1. The number of nitrogen functional groups attached to an aromatic ring is 1. The first kappa shape index (κ1) is 14.6. The molecule has 0 aromatic heterocycles. The van der Waals surface area contributed by atoms with Crippen LogP contribution in [0.2, 0.25) is 0 Å². The lowest BCUT2D eigenvalue weighted by molar-refractivity contribution is -0.117. The molecule has 2 unspecified atom stereocenters. The fraction of sp³-hybridized carbons (Fsp3) is 0.462.